The van der Waals surface area contributed by atoms with Crippen molar-refractivity contribution in [1.29, 1.82) is 0 Å². The van der Waals surface area contributed by atoms with Crippen LogP contribution in [0.5, 0.6) is 0 Å². The summed E-state index contributed by atoms with van der Waals surface area (Å²) < 4.78 is 0. The first kappa shape index (κ1) is 16.7. The van der Waals surface area contributed by atoms with Crippen molar-refractivity contribution in [1.82, 2.24) is 15.1 Å². The third-order valence-electron chi connectivity index (χ3n) is 2.51. The van der Waals surface area contributed by atoms with Gasteiger partial charge in [0.15, 0.2) is 0 Å². The van der Waals surface area contributed by atoms with Crippen molar-refractivity contribution < 1.29 is 14.7 Å². The molecule has 18 heavy (non-hydrogen) atoms. The van der Waals surface area contributed by atoms with Crippen LogP contribution < -0.4 is 5.32 Å². The van der Waals surface area contributed by atoms with Gasteiger partial charge in [-0.15, -0.1) is 0 Å². The van der Waals surface area contributed by atoms with E-state index in [2.05, 4.69) is 10.2 Å². The smallest absolute Gasteiger partial charge is 0.323 e. The predicted octanol–water partition coefficient (Wildman–Crippen LogP) is 0.690. The first-order valence-electron chi connectivity index (χ1n) is 6.29. The summed E-state index contributed by atoms with van der Waals surface area (Å²) in [5.41, 5.74) is 0. The fourth-order valence-electron chi connectivity index (χ4n) is 1.45. The van der Waals surface area contributed by atoms with Crippen molar-refractivity contribution in [2.75, 3.05) is 39.8 Å². The lowest BCUT2D eigenvalue weighted by molar-refractivity contribution is -0.137. The molecular formula is C12H25N3O3. The average molecular weight is 259 g/mol. The second-order valence-electron chi connectivity index (χ2n) is 4.80. The molecule has 0 radical (unpaired) electrons. The Kier molecular flexibility index (Phi) is 8.11. The summed E-state index contributed by atoms with van der Waals surface area (Å²) in [6.07, 6.45) is 0. The lowest BCUT2D eigenvalue weighted by Crippen LogP contribution is -2.46. The average Bonchev–Trinajstić information content (AvgIpc) is 2.26. The summed E-state index contributed by atoms with van der Waals surface area (Å²) in [5, 5.41) is 11.5. The molecule has 2 N–H and O–H groups in total. The van der Waals surface area contributed by atoms with Gasteiger partial charge in [-0.05, 0) is 19.5 Å². The van der Waals surface area contributed by atoms with Crippen LogP contribution in [0.3, 0.4) is 0 Å². The number of hydrogen-bond acceptors (Lipinski definition) is 3. The molecule has 106 valence electrons. The largest absolute Gasteiger partial charge is 0.480 e. The van der Waals surface area contributed by atoms with E-state index in [1.165, 1.54) is 4.90 Å². The van der Waals surface area contributed by atoms with Crippen molar-refractivity contribution in [3.63, 3.8) is 0 Å². The van der Waals surface area contributed by atoms with Gasteiger partial charge in [0.2, 0.25) is 0 Å². The molecular weight excluding hydrogens is 234 g/mol. The molecule has 0 spiro atoms. The highest BCUT2D eigenvalue weighted by molar-refractivity contribution is 5.80. The lowest BCUT2D eigenvalue weighted by Gasteiger charge is -2.23. The standard InChI is InChI=1S/C12H25N3O3/c1-5-14(4)7-6-13-12(18)15(8-10(2)3)9-11(16)17/h10H,5-9H2,1-4H3,(H,13,18)(H,16,17). The Labute approximate surface area is 109 Å². The second-order valence-corrected chi connectivity index (χ2v) is 4.80. The van der Waals surface area contributed by atoms with Crippen molar-refractivity contribution in [2.45, 2.75) is 20.8 Å². The molecule has 0 aromatic carbocycles. The third-order valence-corrected chi connectivity index (χ3v) is 2.51. The highest BCUT2D eigenvalue weighted by Gasteiger charge is 2.17. The molecule has 0 fully saturated rings. The Balaban J connectivity index is 4.16. The van der Waals surface area contributed by atoms with Gasteiger partial charge >= 0.3 is 12.0 Å². The molecule has 0 aliphatic heterocycles. The lowest BCUT2D eigenvalue weighted by atomic mass is 10.2. The number of rotatable bonds is 8. The molecule has 0 atom stereocenters. The highest BCUT2D eigenvalue weighted by atomic mass is 16.4. The summed E-state index contributed by atoms with van der Waals surface area (Å²) in [4.78, 5) is 25.9. The number of carboxylic acid groups (broad SMARTS) is 1. The molecule has 0 aromatic rings. The maximum Gasteiger partial charge on any atom is 0.323 e. The zero-order valence-corrected chi connectivity index (χ0v) is 11.8. The Morgan fingerprint density at radius 3 is 2.39 bits per heavy atom. The van der Waals surface area contributed by atoms with Gasteiger partial charge in [0, 0.05) is 19.6 Å². The molecule has 0 aliphatic rings. The Morgan fingerprint density at radius 1 is 1.33 bits per heavy atom. The number of nitrogens with one attached hydrogen (secondary N) is 1. The number of urea groups is 1. The SMILES string of the molecule is CCN(C)CCNC(=O)N(CC(=O)O)CC(C)C. The molecule has 0 saturated carbocycles. The van der Waals surface area contributed by atoms with E-state index in [4.69, 9.17) is 5.11 Å². The number of nitrogens with zero attached hydrogens (tertiary/aromatic N) is 2. The third kappa shape index (κ3) is 7.89. The van der Waals surface area contributed by atoms with E-state index in [1.807, 2.05) is 27.8 Å². The molecule has 0 heterocycles. The highest BCUT2D eigenvalue weighted by Crippen LogP contribution is 1.99. The number of aliphatic carboxylic acids is 1. The molecule has 6 heteroatoms. The molecule has 2 amide bonds. The summed E-state index contributed by atoms with van der Waals surface area (Å²) in [6, 6.07) is -0.310. The van der Waals surface area contributed by atoms with E-state index in [0.717, 1.165) is 13.1 Å². The van der Waals surface area contributed by atoms with Crippen LogP contribution in [0.25, 0.3) is 0 Å². The van der Waals surface area contributed by atoms with Gasteiger partial charge in [-0.25, -0.2) is 4.79 Å². The Morgan fingerprint density at radius 2 is 1.94 bits per heavy atom. The van der Waals surface area contributed by atoms with Gasteiger partial charge in [0.05, 0.1) is 0 Å². The topological polar surface area (TPSA) is 72.9 Å². The molecule has 0 aliphatic carbocycles. The molecule has 6 nitrogen and oxygen atoms in total. The summed E-state index contributed by atoms with van der Waals surface area (Å²) in [5.74, 6) is -0.745. The first-order valence-corrected chi connectivity index (χ1v) is 6.29. The van der Waals surface area contributed by atoms with Crippen LogP contribution in [-0.4, -0.2) is 66.7 Å². The number of hydrogen-bond donors (Lipinski definition) is 2. The number of amides is 2. The fraction of sp³-hybridized carbons (Fsp3) is 0.833. The Bertz CT molecular complexity index is 269. The zero-order valence-electron chi connectivity index (χ0n) is 11.8. The molecule has 0 rings (SSSR count). The van der Waals surface area contributed by atoms with E-state index in [9.17, 15) is 9.59 Å². The number of carbonyl (C=O) groups is 2. The van der Waals surface area contributed by atoms with Crippen LogP contribution in [0, 0.1) is 5.92 Å². The minimum Gasteiger partial charge on any atom is -0.480 e. The molecule has 0 aromatic heterocycles. The summed E-state index contributed by atoms with van der Waals surface area (Å²) in [7, 11) is 1.97. The maximum absolute atomic E-state index is 11.8. The van der Waals surface area contributed by atoms with Gasteiger partial charge in [0.1, 0.15) is 6.54 Å². The van der Waals surface area contributed by atoms with E-state index >= 15 is 0 Å². The van der Waals surface area contributed by atoms with E-state index < -0.39 is 5.97 Å². The van der Waals surface area contributed by atoms with Gasteiger partial charge in [-0.1, -0.05) is 20.8 Å². The van der Waals surface area contributed by atoms with E-state index in [1.54, 1.807) is 0 Å². The predicted molar refractivity (Wildman–Crippen MR) is 70.6 cm³/mol. The van der Waals surface area contributed by atoms with Gasteiger partial charge in [-0.2, -0.15) is 0 Å². The molecule has 0 unspecified atom stereocenters. The summed E-state index contributed by atoms with van der Waals surface area (Å²) >= 11 is 0. The Hall–Kier alpha value is -1.30. The zero-order chi connectivity index (χ0) is 14.1. The van der Waals surface area contributed by atoms with Crippen LogP contribution in [0.1, 0.15) is 20.8 Å². The minimum absolute atomic E-state index is 0.244. The first-order chi connectivity index (χ1) is 8.36. The normalized spacial score (nSPS) is 10.8. The van der Waals surface area contributed by atoms with Gasteiger partial charge in [-0.3, -0.25) is 4.79 Å². The van der Waals surface area contributed by atoms with Gasteiger partial charge in [0.25, 0.3) is 0 Å². The van der Waals surface area contributed by atoms with Crippen molar-refractivity contribution >= 4 is 12.0 Å². The fourth-order valence-corrected chi connectivity index (χ4v) is 1.45. The minimum atomic E-state index is -0.989. The van der Waals surface area contributed by atoms with Crippen LogP contribution in [-0.2, 0) is 4.79 Å². The maximum atomic E-state index is 11.8. The molecule has 0 saturated heterocycles. The number of carboxylic acids is 1. The van der Waals surface area contributed by atoms with Crippen LogP contribution in [0.2, 0.25) is 0 Å². The second kappa shape index (κ2) is 8.74. The summed E-state index contributed by atoms with van der Waals surface area (Å²) in [6.45, 7) is 8.33. The van der Waals surface area contributed by atoms with Crippen LogP contribution in [0.4, 0.5) is 4.79 Å². The quantitative estimate of drug-likeness (QED) is 0.672. The van der Waals surface area contributed by atoms with Gasteiger partial charge < -0.3 is 20.2 Å². The van der Waals surface area contributed by atoms with Crippen molar-refractivity contribution in [3.8, 4) is 0 Å². The van der Waals surface area contributed by atoms with Crippen LogP contribution in [0.15, 0.2) is 0 Å². The van der Waals surface area contributed by atoms with Crippen molar-refractivity contribution in [2.24, 2.45) is 5.92 Å². The number of carbonyl (C=O) groups excluding carboxylic acids is 1. The molecule has 0 bridgehead atoms. The van der Waals surface area contributed by atoms with E-state index in [-0.39, 0.29) is 18.5 Å². The number of likely N-dealkylation sites (N-methyl/N-ethyl adjacent to an activating group) is 1. The monoisotopic (exact) mass is 259 g/mol. The van der Waals surface area contributed by atoms with Crippen molar-refractivity contribution in [3.05, 3.63) is 0 Å². The van der Waals surface area contributed by atoms with E-state index in [0.29, 0.717) is 13.1 Å². The van der Waals surface area contributed by atoms with Crippen LogP contribution >= 0.6 is 0 Å².